The Labute approximate surface area is 124 Å². The van der Waals surface area contributed by atoms with Gasteiger partial charge in [-0.1, -0.05) is 12.8 Å². The van der Waals surface area contributed by atoms with Crippen molar-refractivity contribution in [3.63, 3.8) is 0 Å². The Balaban J connectivity index is 1.69. The molecule has 0 spiro atoms. The van der Waals surface area contributed by atoms with E-state index in [4.69, 9.17) is 0 Å². The van der Waals surface area contributed by atoms with E-state index in [1.807, 2.05) is 29.9 Å². The lowest BCUT2D eigenvalue weighted by Crippen LogP contribution is -2.44. The first kappa shape index (κ1) is 15.6. The molecule has 3 N–H and O–H groups in total. The Morgan fingerprint density at radius 3 is 2.71 bits per heavy atom. The maximum absolute atomic E-state index is 11.7. The number of carbonyl (C=O) groups is 2. The summed E-state index contributed by atoms with van der Waals surface area (Å²) in [5.41, 5.74) is 0.791. The van der Waals surface area contributed by atoms with Crippen molar-refractivity contribution in [1.29, 1.82) is 0 Å². The van der Waals surface area contributed by atoms with E-state index in [1.54, 1.807) is 0 Å². The third-order valence-corrected chi connectivity index (χ3v) is 3.93. The molecular formula is C15H23N3O3. The van der Waals surface area contributed by atoms with E-state index in [0.29, 0.717) is 6.42 Å². The topological polar surface area (TPSA) is 83.4 Å². The average molecular weight is 293 g/mol. The second-order valence-electron chi connectivity index (χ2n) is 5.56. The first-order valence-corrected chi connectivity index (χ1v) is 7.46. The van der Waals surface area contributed by atoms with E-state index in [2.05, 4.69) is 10.6 Å². The highest BCUT2D eigenvalue weighted by atomic mass is 16.3. The van der Waals surface area contributed by atoms with Crippen molar-refractivity contribution in [3.8, 4) is 0 Å². The molecule has 1 aliphatic rings. The summed E-state index contributed by atoms with van der Waals surface area (Å²) >= 11 is 0. The van der Waals surface area contributed by atoms with Gasteiger partial charge >= 0.3 is 11.8 Å². The molecule has 0 bridgehead atoms. The monoisotopic (exact) mass is 293 g/mol. The van der Waals surface area contributed by atoms with Crippen LogP contribution in [-0.4, -0.2) is 34.1 Å². The fraction of sp³-hybridized carbons (Fsp3) is 0.600. The molecule has 1 aromatic heterocycles. The third kappa shape index (κ3) is 4.32. The second-order valence-corrected chi connectivity index (χ2v) is 5.56. The molecule has 2 amide bonds. The number of amides is 2. The molecule has 6 heteroatoms. The van der Waals surface area contributed by atoms with Gasteiger partial charge in [0, 0.05) is 31.5 Å². The van der Waals surface area contributed by atoms with Crippen LogP contribution in [0.15, 0.2) is 18.3 Å². The smallest absolute Gasteiger partial charge is 0.309 e. The van der Waals surface area contributed by atoms with Crippen LogP contribution in [0, 0.1) is 0 Å². The van der Waals surface area contributed by atoms with E-state index in [0.717, 1.165) is 31.4 Å². The molecule has 21 heavy (non-hydrogen) atoms. The van der Waals surface area contributed by atoms with Gasteiger partial charge in [0.15, 0.2) is 0 Å². The van der Waals surface area contributed by atoms with Gasteiger partial charge in [-0.05, 0) is 31.4 Å². The fourth-order valence-electron chi connectivity index (χ4n) is 2.69. The van der Waals surface area contributed by atoms with E-state index in [1.165, 1.54) is 0 Å². The molecule has 1 atom stereocenters. The number of nitrogens with one attached hydrogen (secondary N) is 2. The van der Waals surface area contributed by atoms with Crippen molar-refractivity contribution in [1.82, 2.24) is 15.2 Å². The zero-order valence-corrected chi connectivity index (χ0v) is 12.3. The fourth-order valence-corrected chi connectivity index (χ4v) is 2.69. The van der Waals surface area contributed by atoms with Crippen LogP contribution >= 0.6 is 0 Å². The summed E-state index contributed by atoms with van der Waals surface area (Å²) in [6, 6.07) is 3.82. The van der Waals surface area contributed by atoms with Gasteiger partial charge in [-0.2, -0.15) is 0 Å². The number of carbonyl (C=O) groups excluding carboxylic acids is 2. The minimum atomic E-state index is -0.650. The first-order valence-electron chi connectivity index (χ1n) is 7.46. The second kappa shape index (κ2) is 7.26. The SMILES string of the molecule is Cn1cccc1C(O)CCNC(=O)C(=O)NC1CCCC1. The van der Waals surface area contributed by atoms with Crippen LogP contribution in [0.4, 0.5) is 0 Å². The molecule has 6 nitrogen and oxygen atoms in total. The lowest BCUT2D eigenvalue weighted by atomic mass is 10.2. The average Bonchev–Trinajstić information content (AvgIpc) is 3.09. The van der Waals surface area contributed by atoms with Crippen molar-refractivity contribution in [2.24, 2.45) is 7.05 Å². The van der Waals surface area contributed by atoms with Crippen LogP contribution in [-0.2, 0) is 16.6 Å². The highest BCUT2D eigenvalue weighted by molar-refractivity contribution is 6.35. The van der Waals surface area contributed by atoms with Crippen LogP contribution in [0.5, 0.6) is 0 Å². The molecule has 1 unspecified atom stereocenters. The van der Waals surface area contributed by atoms with Crippen molar-refractivity contribution in [2.45, 2.75) is 44.2 Å². The Hall–Kier alpha value is -1.82. The third-order valence-electron chi connectivity index (χ3n) is 3.93. The normalized spacial score (nSPS) is 16.7. The molecule has 0 aromatic carbocycles. The van der Waals surface area contributed by atoms with Crippen LogP contribution < -0.4 is 10.6 Å². The zero-order chi connectivity index (χ0) is 15.2. The quantitative estimate of drug-likeness (QED) is 0.696. The maximum Gasteiger partial charge on any atom is 0.309 e. The lowest BCUT2D eigenvalue weighted by molar-refractivity contribution is -0.139. The molecular weight excluding hydrogens is 270 g/mol. The van der Waals surface area contributed by atoms with Crippen molar-refractivity contribution in [3.05, 3.63) is 24.0 Å². The van der Waals surface area contributed by atoms with Crippen molar-refractivity contribution in [2.75, 3.05) is 6.54 Å². The number of aryl methyl sites for hydroxylation is 1. The number of aliphatic hydroxyl groups excluding tert-OH is 1. The van der Waals surface area contributed by atoms with Gasteiger partial charge < -0.3 is 20.3 Å². The highest BCUT2D eigenvalue weighted by Crippen LogP contribution is 2.17. The molecule has 1 fully saturated rings. The molecule has 1 heterocycles. The lowest BCUT2D eigenvalue weighted by Gasteiger charge is -2.14. The van der Waals surface area contributed by atoms with Gasteiger partial charge in [0.2, 0.25) is 0 Å². The minimum Gasteiger partial charge on any atom is -0.387 e. The number of rotatable bonds is 5. The summed E-state index contributed by atoms with van der Waals surface area (Å²) in [5.74, 6) is -1.20. The zero-order valence-electron chi connectivity index (χ0n) is 12.3. The Morgan fingerprint density at radius 1 is 1.38 bits per heavy atom. The number of nitrogens with zero attached hydrogens (tertiary/aromatic N) is 1. The number of aromatic nitrogens is 1. The van der Waals surface area contributed by atoms with E-state index < -0.39 is 17.9 Å². The number of hydrogen-bond donors (Lipinski definition) is 3. The van der Waals surface area contributed by atoms with E-state index in [-0.39, 0.29) is 12.6 Å². The molecule has 1 aromatic rings. The summed E-state index contributed by atoms with van der Waals surface area (Å²) in [7, 11) is 1.85. The summed E-state index contributed by atoms with van der Waals surface area (Å²) in [4.78, 5) is 23.3. The summed E-state index contributed by atoms with van der Waals surface area (Å²) < 4.78 is 1.83. The molecule has 116 valence electrons. The van der Waals surface area contributed by atoms with Gasteiger partial charge in [-0.3, -0.25) is 9.59 Å². The Bertz CT molecular complexity index is 492. The van der Waals surface area contributed by atoms with Crippen LogP contribution in [0.25, 0.3) is 0 Å². The predicted molar refractivity (Wildman–Crippen MR) is 78.4 cm³/mol. The van der Waals surface area contributed by atoms with Crippen molar-refractivity contribution >= 4 is 11.8 Å². The van der Waals surface area contributed by atoms with Crippen LogP contribution in [0.2, 0.25) is 0 Å². The van der Waals surface area contributed by atoms with Gasteiger partial charge in [-0.25, -0.2) is 0 Å². The number of hydrogen-bond acceptors (Lipinski definition) is 3. The Kier molecular flexibility index (Phi) is 5.38. The Morgan fingerprint density at radius 2 is 2.10 bits per heavy atom. The summed E-state index contributed by atoms with van der Waals surface area (Å²) in [6.45, 7) is 0.267. The molecule has 2 rings (SSSR count). The van der Waals surface area contributed by atoms with Crippen molar-refractivity contribution < 1.29 is 14.7 Å². The standard InChI is InChI=1S/C15H23N3O3/c1-18-10-4-7-12(18)13(19)8-9-16-14(20)15(21)17-11-5-2-3-6-11/h4,7,10-11,13,19H,2-3,5-6,8-9H2,1H3,(H,16,20)(H,17,21). The van der Waals surface area contributed by atoms with Gasteiger partial charge in [0.25, 0.3) is 0 Å². The first-order chi connectivity index (χ1) is 10.1. The highest BCUT2D eigenvalue weighted by Gasteiger charge is 2.21. The molecule has 0 saturated heterocycles. The molecule has 1 aliphatic carbocycles. The molecule has 1 saturated carbocycles. The molecule has 0 aliphatic heterocycles. The van der Waals surface area contributed by atoms with Gasteiger partial charge in [-0.15, -0.1) is 0 Å². The van der Waals surface area contributed by atoms with Gasteiger partial charge in [0.05, 0.1) is 6.10 Å². The summed E-state index contributed by atoms with van der Waals surface area (Å²) in [5, 5.41) is 15.3. The largest absolute Gasteiger partial charge is 0.387 e. The summed E-state index contributed by atoms with van der Waals surface area (Å²) in [6.07, 6.45) is 5.69. The van der Waals surface area contributed by atoms with E-state index >= 15 is 0 Å². The number of aliphatic hydroxyl groups is 1. The van der Waals surface area contributed by atoms with Gasteiger partial charge in [0.1, 0.15) is 0 Å². The predicted octanol–water partition coefficient (Wildman–Crippen LogP) is 0.624. The van der Waals surface area contributed by atoms with Crippen LogP contribution in [0.1, 0.15) is 43.9 Å². The van der Waals surface area contributed by atoms with E-state index in [9.17, 15) is 14.7 Å². The van der Waals surface area contributed by atoms with Crippen LogP contribution in [0.3, 0.4) is 0 Å². The maximum atomic E-state index is 11.7. The minimum absolute atomic E-state index is 0.136. The molecule has 0 radical (unpaired) electrons.